The average Bonchev–Trinajstić information content (AvgIpc) is 2.66. The minimum Gasteiger partial charge on any atom is -0.325 e. The summed E-state index contributed by atoms with van der Waals surface area (Å²) in [5, 5.41) is 6.37. The van der Waals surface area contributed by atoms with E-state index in [4.69, 9.17) is 0 Å². The molecule has 3 nitrogen and oxygen atoms in total. The molecular weight excluding hydrogens is 248 g/mol. The van der Waals surface area contributed by atoms with E-state index < -0.39 is 5.41 Å². The predicted octanol–water partition coefficient (Wildman–Crippen LogP) is 3.61. The van der Waals surface area contributed by atoms with Crippen LogP contribution in [0.1, 0.15) is 57.7 Å². The van der Waals surface area contributed by atoms with Gasteiger partial charge in [0.15, 0.2) is 0 Å². The van der Waals surface area contributed by atoms with Crippen LogP contribution in [0.15, 0.2) is 18.2 Å². The molecule has 2 unspecified atom stereocenters. The van der Waals surface area contributed by atoms with E-state index in [2.05, 4.69) is 36.6 Å². The fourth-order valence-electron chi connectivity index (χ4n) is 2.80. The van der Waals surface area contributed by atoms with Crippen molar-refractivity contribution in [3.63, 3.8) is 0 Å². The molecule has 1 aromatic carbocycles. The molecular formula is C17H26N2O. The Morgan fingerprint density at radius 2 is 2.05 bits per heavy atom. The number of fused-ring (bicyclic) bond motifs is 1. The van der Waals surface area contributed by atoms with Crippen LogP contribution in [0.3, 0.4) is 0 Å². The molecule has 2 atom stereocenters. The van der Waals surface area contributed by atoms with Crippen molar-refractivity contribution >= 4 is 11.6 Å². The number of carbonyl (C=O) groups excluding carboxylic acids is 1. The highest BCUT2D eigenvalue weighted by atomic mass is 16.2. The molecule has 0 saturated carbocycles. The van der Waals surface area contributed by atoms with Crippen LogP contribution in [0, 0.1) is 5.92 Å². The van der Waals surface area contributed by atoms with Crippen molar-refractivity contribution in [3.05, 3.63) is 29.3 Å². The fraction of sp³-hybridized carbons (Fsp3) is 0.588. The maximum atomic E-state index is 12.0. The topological polar surface area (TPSA) is 41.1 Å². The van der Waals surface area contributed by atoms with Gasteiger partial charge in [-0.05, 0) is 50.4 Å². The maximum absolute atomic E-state index is 12.0. The molecule has 0 spiro atoms. The summed E-state index contributed by atoms with van der Waals surface area (Å²) in [5.41, 5.74) is 2.92. The number of hydrogen-bond acceptors (Lipinski definition) is 2. The SMILES string of the molecule is CCC(C)CC(NC)c1ccc2c(c1)C(C)(C)C(=O)N2. The van der Waals surface area contributed by atoms with Crippen LogP contribution in [0.25, 0.3) is 0 Å². The maximum Gasteiger partial charge on any atom is 0.234 e. The van der Waals surface area contributed by atoms with Crippen molar-refractivity contribution in [2.24, 2.45) is 5.92 Å². The lowest BCUT2D eigenvalue weighted by Gasteiger charge is -2.22. The number of carbonyl (C=O) groups is 1. The summed E-state index contributed by atoms with van der Waals surface area (Å²) in [6.07, 6.45) is 2.31. The quantitative estimate of drug-likeness (QED) is 0.861. The molecule has 110 valence electrons. The second-order valence-corrected chi connectivity index (χ2v) is 6.47. The number of benzene rings is 1. The van der Waals surface area contributed by atoms with E-state index in [9.17, 15) is 4.79 Å². The lowest BCUT2D eigenvalue weighted by molar-refractivity contribution is -0.119. The monoisotopic (exact) mass is 274 g/mol. The molecule has 3 heteroatoms. The van der Waals surface area contributed by atoms with E-state index in [1.54, 1.807) is 0 Å². The standard InChI is InChI=1S/C17H26N2O/c1-6-11(2)9-15(18-5)12-7-8-14-13(10-12)17(3,4)16(20)19-14/h7-8,10-11,15,18H,6,9H2,1-5H3,(H,19,20). The third kappa shape index (κ3) is 2.59. The Morgan fingerprint density at radius 1 is 1.35 bits per heavy atom. The first-order chi connectivity index (χ1) is 9.40. The van der Waals surface area contributed by atoms with Crippen molar-refractivity contribution < 1.29 is 4.79 Å². The summed E-state index contributed by atoms with van der Waals surface area (Å²) in [6.45, 7) is 8.49. The molecule has 0 aromatic heterocycles. The van der Waals surface area contributed by atoms with Gasteiger partial charge < -0.3 is 10.6 Å². The molecule has 1 aromatic rings. The van der Waals surface area contributed by atoms with E-state index >= 15 is 0 Å². The minimum absolute atomic E-state index is 0.0904. The van der Waals surface area contributed by atoms with E-state index in [0.29, 0.717) is 12.0 Å². The second-order valence-electron chi connectivity index (χ2n) is 6.47. The number of rotatable bonds is 5. The van der Waals surface area contributed by atoms with Crippen molar-refractivity contribution in [1.82, 2.24) is 5.32 Å². The molecule has 2 N–H and O–H groups in total. The van der Waals surface area contributed by atoms with E-state index in [1.807, 2.05) is 27.0 Å². The summed E-state index contributed by atoms with van der Waals surface area (Å²) in [5.74, 6) is 0.779. The van der Waals surface area contributed by atoms with Crippen LogP contribution in [-0.4, -0.2) is 13.0 Å². The van der Waals surface area contributed by atoms with Crippen LogP contribution >= 0.6 is 0 Å². The Kier molecular flexibility index (Phi) is 4.19. The molecule has 1 heterocycles. The zero-order valence-electron chi connectivity index (χ0n) is 13.2. The number of hydrogen-bond donors (Lipinski definition) is 2. The van der Waals surface area contributed by atoms with Crippen LogP contribution in [0.5, 0.6) is 0 Å². The Hall–Kier alpha value is -1.35. The van der Waals surface area contributed by atoms with Crippen LogP contribution in [0.4, 0.5) is 5.69 Å². The van der Waals surface area contributed by atoms with Gasteiger partial charge in [0.1, 0.15) is 0 Å². The van der Waals surface area contributed by atoms with Gasteiger partial charge in [0, 0.05) is 11.7 Å². The summed E-state index contributed by atoms with van der Waals surface area (Å²) in [7, 11) is 2.01. The van der Waals surface area contributed by atoms with Gasteiger partial charge >= 0.3 is 0 Å². The van der Waals surface area contributed by atoms with Gasteiger partial charge in [-0.15, -0.1) is 0 Å². The van der Waals surface area contributed by atoms with E-state index in [-0.39, 0.29) is 5.91 Å². The normalized spacial score (nSPS) is 19.4. The van der Waals surface area contributed by atoms with Crippen molar-refractivity contribution in [3.8, 4) is 0 Å². The molecule has 0 radical (unpaired) electrons. The summed E-state index contributed by atoms with van der Waals surface area (Å²) < 4.78 is 0. The highest BCUT2D eigenvalue weighted by Gasteiger charge is 2.38. The van der Waals surface area contributed by atoms with Crippen molar-refractivity contribution in [2.75, 3.05) is 12.4 Å². The third-order valence-corrected chi connectivity index (χ3v) is 4.62. The highest BCUT2D eigenvalue weighted by Crippen LogP contribution is 2.39. The third-order valence-electron chi connectivity index (χ3n) is 4.62. The second kappa shape index (κ2) is 5.57. The Labute approximate surface area is 122 Å². The van der Waals surface area contributed by atoms with Crippen molar-refractivity contribution in [2.45, 2.75) is 52.0 Å². The van der Waals surface area contributed by atoms with Crippen LogP contribution < -0.4 is 10.6 Å². The highest BCUT2D eigenvalue weighted by molar-refractivity contribution is 6.05. The Morgan fingerprint density at radius 3 is 2.65 bits per heavy atom. The molecule has 1 amide bonds. The fourth-order valence-corrected chi connectivity index (χ4v) is 2.80. The summed E-state index contributed by atoms with van der Waals surface area (Å²) in [6, 6.07) is 6.71. The molecule has 20 heavy (non-hydrogen) atoms. The first-order valence-electron chi connectivity index (χ1n) is 7.53. The van der Waals surface area contributed by atoms with Gasteiger partial charge in [-0.25, -0.2) is 0 Å². The van der Waals surface area contributed by atoms with Gasteiger partial charge in [0.2, 0.25) is 5.91 Å². The van der Waals surface area contributed by atoms with Gasteiger partial charge in [-0.3, -0.25) is 4.79 Å². The largest absolute Gasteiger partial charge is 0.325 e. The molecule has 0 bridgehead atoms. The van der Waals surface area contributed by atoms with Crippen LogP contribution in [-0.2, 0) is 10.2 Å². The molecule has 1 aliphatic rings. The van der Waals surface area contributed by atoms with E-state index in [1.165, 1.54) is 12.0 Å². The molecule has 0 saturated heterocycles. The average molecular weight is 274 g/mol. The zero-order chi connectivity index (χ0) is 14.9. The molecule has 0 aliphatic carbocycles. The first kappa shape index (κ1) is 15.0. The smallest absolute Gasteiger partial charge is 0.234 e. The molecule has 2 rings (SSSR count). The summed E-state index contributed by atoms with van der Waals surface area (Å²) >= 11 is 0. The minimum atomic E-state index is -0.431. The van der Waals surface area contributed by atoms with Gasteiger partial charge in [-0.2, -0.15) is 0 Å². The van der Waals surface area contributed by atoms with E-state index in [0.717, 1.165) is 17.7 Å². The zero-order valence-corrected chi connectivity index (χ0v) is 13.2. The Balaban J connectivity index is 2.31. The predicted molar refractivity (Wildman–Crippen MR) is 84.0 cm³/mol. The van der Waals surface area contributed by atoms with Gasteiger partial charge in [0.05, 0.1) is 5.41 Å². The lowest BCUT2D eigenvalue weighted by Crippen LogP contribution is -2.27. The molecule has 0 fully saturated rings. The number of nitrogens with one attached hydrogen (secondary N) is 2. The van der Waals surface area contributed by atoms with Gasteiger partial charge in [0.25, 0.3) is 0 Å². The Bertz CT molecular complexity index is 508. The first-order valence-corrected chi connectivity index (χ1v) is 7.53. The molecule has 1 aliphatic heterocycles. The number of anilines is 1. The summed E-state index contributed by atoms with van der Waals surface area (Å²) in [4.78, 5) is 12.0. The van der Waals surface area contributed by atoms with Gasteiger partial charge in [-0.1, -0.05) is 32.4 Å². The van der Waals surface area contributed by atoms with Crippen molar-refractivity contribution in [1.29, 1.82) is 0 Å². The lowest BCUT2D eigenvalue weighted by atomic mass is 9.84. The van der Waals surface area contributed by atoms with Crippen LogP contribution in [0.2, 0.25) is 0 Å². The number of amides is 1.